The van der Waals surface area contributed by atoms with E-state index in [-0.39, 0.29) is 57.2 Å². The number of carbonyl (C=O) groups excluding carboxylic acids is 1. The van der Waals surface area contributed by atoms with E-state index in [1.165, 1.54) is 10.6 Å². The predicted molar refractivity (Wildman–Crippen MR) is 153 cm³/mol. The fraction of sp³-hybridized carbons (Fsp3) is 0.321. The summed E-state index contributed by atoms with van der Waals surface area (Å²) in [5, 5.41) is 1.61. The number of nitrogens with zero attached hydrogens (tertiary/aromatic N) is 4. The van der Waals surface area contributed by atoms with Gasteiger partial charge < -0.3 is 9.80 Å². The number of allylic oxidation sites excluding steroid dienone is 1. The van der Waals surface area contributed by atoms with Crippen molar-refractivity contribution in [3.8, 4) is 11.1 Å². The first-order valence-electron chi connectivity index (χ1n) is 12.7. The highest BCUT2D eigenvalue weighted by molar-refractivity contribution is 9.10. The van der Waals surface area contributed by atoms with E-state index < -0.39 is 40.2 Å². The summed E-state index contributed by atoms with van der Waals surface area (Å²) in [5.74, 6) is -2.37. The molecule has 2 aliphatic heterocycles. The Balaban J connectivity index is 1.85. The molecule has 1 amide bonds. The molecule has 0 unspecified atom stereocenters. The van der Waals surface area contributed by atoms with Crippen LogP contribution in [0.3, 0.4) is 0 Å². The number of anilines is 1. The summed E-state index contributed by atoms with van der Waals surface area (Å²) in [7, 11) is 0. The maximum atomic E-state index is 15.1. The van der Waals surface area contributed by atoms with Gasteiger partial charge in [-0.2, -0.15) is 18.2 Å². The Hall–Kier alpha value is -3.19. The molecule has 3 aromatic rings. The Kier molecular flexibility index (Phi) is 7.56. The zero-order valence-electron chi connectivity index (χ0n) is 22.2. The Labute approximate surface area is 244 Å². The number of benzene rings is 2. The highest BCUT2D eigenvalue weighted by atomic mass is 79.9. The molecule has 3 heterocycles. The molecule has 0 saturated carbocycles. The van der Waals surface area contributed by atoms with Crippen molar-refractivity contribution in [2.45, 2.75) is 50.3 Å². The van der Waals surface area contributed by atoms with E-state index in [1.807, 2.05) is 0 Å². The summed E-state index contributed by atoms with van der Waals surface area (Å²) >= 11 is 3.91. The average Bonchev–Trinajstić information content (AvgIpc) is 2.90. The molecule has 6 nitrogen and oxygen atoms in total. The van der Waals surface area contributed by atoms with Crippen LogP contribution in [0.15, 0.2) is 50.4 Å². The molecule has 41 heavy (non-hydrogen) atoms. The van der Waals surface area contributed by atoms with Crippen LogP contribution in [0.2, 0.25) is 0 Å². The molecule has 2 atom stereocenters. The quantitative estimate of drug-likeness (QED) is 0.171. The number of amides is 1. The molecular formula is C28H24BrF5N4O2S. The Morgan fingerprint density at radius 1 is 1.17 bits per heavy atom. The van der Waals surface area contributed by atoms with Crippen molar-refractivity contribution in [2.75, 3.05) is 18.0 Å². The summed E-state index contributed by atoms with van der Waals surface area (Å²) < 4.78 is 74.4. The fourth-order valence-electron chi connectivity index (χ4n) is 5.62. The van der Waals surface area contributed by atoms with Crippen molar-refractivity contribution in [2.24, 2.45) is 0 Å². The zero-order valence-corrected chi connectivity index (χ0v) is 24.6. The van der Waals surface area contributed by atoms with Crippen molar-refractivity contribution in [1.82, 2.24) is 14.5 Å². The van der Waals surface area contributed by atoms with Gasteiger partial charge in [0.15, 0.2) is 0 Å². The van der Waals surface area contributed by atoms with Crippen LogP contribution in [0.25, 0.3) is 27.7 Å². The van der Waals surface area contributed by atoms with Gasteiger partial charge in [-0.25, -0.2) is 13.6 Å². The number of thioether (sulfide) groups is 1. The zero-order chi connectivity index (χ0) is 30.0. The van der Waals surface area contributed by atoms with Crippen LogP contribution >= 0.6 is 27.7 Å². The van der Waals surface area contributed by atoms with Crippen molar-refractivity contribution >= 4 is 56.0 Å². The SMILES string of the molecule is C=CC(=O)N1[C@H](C)CN(c2nc(=O)n3c4c(c(-c5cc(Br)c(F)cc5F)c(C(F)(F)F)cc24)SC=C3CC)C[C@@H]1C. The molecule has 216 valence electrons. The van der Waals surface area contributed by atoms with Gasteiger partial charge in [0, 0.05) is 58.3 Å². The van der Waals surface area contributed by atoms with Crippen LogP contribution in [0.5, 0.6) is 0 Å². The van der Waals surface area contributed by atoms with Crippen LogP contribution in [-0.4, -0.2) is 45.5 Å². The maximum Gasteiger partial charge on any atom is 0.417 e. The van der Waals surface area contributed by atoms with Gasteiger partial charge in [0.2, 0.25) is 5.91 Å². The van der Waals surface area contributed by atoms with Gasteiger partial charge in [0.25, 0.3) is 0 Å². The monoisotopic (exact) mass is 654 g/mol. The normalized spacial score (nSPS) is 19.0. The van der Waals surface area contributed by atoms with Crippen LogP contribution in [0.1, 0.15) is 32.8 Å². The number of rotatable bonds is 4. The minimum atomic E-state index is -4.93. The third kappa shape index (κ3) is 4.86. The number of carbonyl (C=O) groups is 1. The molecule has 5 rings (SSSR count). The molecule has 0 N–H and O–H groups in total. The standard InChI is InChI=1S/C28H24BrF5N4O2S/c1-5-15-12-41-25-23(16-8-19(29)21(31)9-20(16)30)18(28(32,33)34)7-17-24(25)38(15)27(40)35-26(17)36-10-13(3)37(14(4)11-36)22(39)6-2/h6-9,12-14H,2,5,10-11H2,1,3-4H3/t13-,14+. The molecule has 1 saturated heterocycles. The van der Waals surface area contributed by atoms with Gasteiger partial charge in [-0.3, -0.25) is 9.36 Å². The molecule has 2 aliphatic rings. The maximum absolute atomic E-state index is 15.1. The largest absolute Gasteiger partial charge is 0.417 e. The van der Waals surface area contributed by atoms with Crippen molar-refractivity contribution in [1.29, 1.82) is 0 Å². The van der Waals surface area contributed by atoms with Gasteiger partial charge in [-0.1, -0.05) is 25.3 Å². The third-order valence-corrected chi connectivity index (χ3v) is 8.94. The van der Waals surface area contributed by atoms with Gasteiger partial charge >= 0.3 is 11.9 Å². The summed E-state index contributed by atoms with van der Waals surface area (Å²) in [6, 6.07) is 1.67. The highest BCUT2D eigenvalue weighted by Crippen LogP contribution is 2.50. The number of piperazine rings is 1. The third-order valence-electron chi connectivity index (χ3n) is 7.31. The lowest BCUT2D eigenvalue weighted by Crippen LogP contribution is -2.58. The second-order valence-corrected chi connectivity index (χ2v) is 11.7. The topological polar surface area (TPSA) is 58.4 Å². The fourth-order valence-corrected chi connectivity index (χ4v) is 7.14. The first-order chi connectivity index (χ1) is 19.3. The molecule has 2 aromatic carbocycles. The highest BCUT2D eigenvalue weighted by Gasteiger charge is 2.40. The number of halogens is 6. The van der Waals surface area contributed by atoms with Crippen molar-refractivity contribution in [3.05, 3.63) is 68.4 Å². The number of aromatic nitrogens is 2. The minimum Gasteiger partial charge on any atom is -0.352 e. The number of hydrogen-bond acceptors (Lipinski definition) is 5. The molecule has 1 aromatic heterocycles. The number of alkyl halides is 3. The van der Waals surface area contributed by atoms with Crippen LogP contribution < -0.4 is 10.6 Å². The Morgan fingerprint density at radius 2 is 1.83 bits per heavy atom. The Bertz CT molecular complexity index is 1690. The summed E-state index contributed by atoms with van der Waals surface area (Å²) in [6.45, 7) is 9.34. The van der Waals surface area contributed by atoms with Crippen molar-refractivity contribution < 1.29 is 26.7 Å². The molecule has 1 fully saturated rings. The van der Waals surface area contributed by atoms with Crippen LogP contribution in [0.4, 0.5) is 27.8 Å². The van der Waals surface area contributed by atoms with E-state index in [1.54, 1.807) is 36.0 Å². The van der Waals surface area contributed by atoms with Gasteiger partial charge in [0.1, 0.15) is 17.5 Å². The van der Waals surface area contributed by atoms with E-state index >= 15 is 4.39 Å². The van der Waals surface area contributed by atoms with E-state index in [2.05, 4.69) is 27.5 Å². The van der Waals surface area contributed by atoms with E-state index in [4.69, 9.17) is 0 Å². The molecule has 0 bridgehead atoms. The molecule has 0 aliphatic carbocycles. The number of hydrogen-bond donors (Lipinski definition) is 0. The van der Waals surface area contributed by atoms with Gasteiger partial charge in [0.05, 0.1) is 15.6 Å². The smallest absolute Gasteiger partial charge is 0.352 e. The molecule has 13 heteroatoms. The van der Waals surface area contributed by atoms with Crippen LogP contribution in [0, 0.1) is 11.6 Å². The van der Waals surface area contributed by atoms with E-state index in [9.17, 15) is 27.2 Å². The first kappa shape index (κ1) is 29.3. The van der Waals surface area contributed by atoms with Crippen LogP contribution in [-0.2, 0) is 11.0 Å². The van der Waals surface area contributed by atoms with Crippen molar-refractivity contribution in [3.63, 3.8) is 0 Å². The molecular weight excluding hydrogens is 631 g/mol. The van der Waals surface area contributed by atoms with E-state index in [0.717, 1.165) is 23.9 Å². The average molecular weight is 655 g/mol. The summed E-state index contributed by atoms with van der Waals surface area (Å²) in [6.07, 6.45) is -3.35. The lowest BCUT2D eigenvalue weighted by atomic mass is 9.95. The lowest BCUT2D eigenvalue weighted by Gasteiger charge is -2.44. The van der Waals surface area contributed by atoms with E-state index in [0.29, 0.717) is 18.2 Å². The summed E-state index contributed by atoms with van der Waals surface area (Å²) in [4.78, 5) is 33.5. The molecule has 0 radical (unpaired) electrons. The second kappa shape index (κ2) is 10.6. The Morgan fingerprint density at radius 3 is 2.41 bits per heavy atom. The van der Waals surface area contributed by atoms with Gasteiger partial charge in [-0.05, 0) is 59.8 Å². The minimum absolute atomic E-state index is 0.00625. The first-order valence-corrected chi connectivity index (χ1v) is 14.4. The predicted octanol–water partition coefficient (Wildman–Crippen LogP) is 7.05. The molecule has 0 spiro atoms. The second-order valence-electron chi connectivity index (χ2n) is 9.95. The van der Waals surface area contributed by atoms with Gasteiger partial charge in [-0.15, -0.1) is 0 Å². The lowest BCUT2D eigenvalue weighted by molar-refractivity contribution is -0.137. The summed E-state index contributed by atoms with van der Waals surface area (Å²) in [5.41, 5.74) is -2.11.